The van der Waals surface area contributed by atoms with E-state index in [0.29, 0.717) is 17.4 Å². The van der Waals surface area contributed by atoms with Crippen LogP contribution in [0, 0.1) is 5.82 Å². The van der Waals surface area contributed by atoms with Crippen LogP contribution in [0.1, 0.15) is 32.1 Å². The van der Waals surface area contributed by atoms with E-state index >= 15 is 0 Å². The number of para-hydroxylation sites is 1. The lowest BCUT2D eigenvalue weighted by molar-refractivity contribution is 0.163. The molecule has 20 heavy (non-hydrogen) atoms. The number of thiocarbonyl (C=S) groups is 1. The lowest BCUT2D eigenvalue weighted by Gasteiger charge is -2.31. The zero-order valence-corrected chi connectivity index (χ0v) is 12.6. The predicted octanol–water partition coefficient (Wildman–Crippen LogP) is 3.46. The monoisotopic (exact) mass is 296 g/mol. The van der Waals surface area contributed by atoms with Crippen molar-refractivity contribution in [3.63, 3.8) is 0 Å². The lowest BCUT2D eigenvalue weighted by Crippen LogP contribution is -2.48. The average Bonchev–Trinajstić information content (AvgIpc) is 2.88. The summed E-state index contributed by atoms with van der Waals surface area (Å²) in [6.07, 6.45) is 5.46. The van der Waals surface area contributed by atoms with Gasteiger partial charge < -0.3 is 15.4 Å². The predicted molar refractivity (Wildman–Crippen MR) is 83.4 cm³/mol. The number of nitrogens with one attached hydrogen (secondary N) is 2. The molecule has 2 rings (SSSR count). The van der Waals surface area contributed by atoms with E-state index in [2.05, 4.69) is 10.6 Å². The lowest BCUT2D eigenvalue weighted by atomic mass is 9.94. The molecule has 110 valence electrons. The van der Waals surface area contributed by atoms with Crippen molar-refractivity contribution >= 4 is 23.0 Å². The van der Waals surface area contributed by atoms with Crippen molar-refractivity contribution in [2.45, 2.75) is 37.6 Å². The zero-order valence-electron chi connectivity index (χ0n) is 11.7. The summed E-state index contributed by atoms with van der Waals surface area (Å²) in [5, 5.41) is 6.80. The molecule has 3 nitrogen and oxygen atoms in total. The fraction of sp³-hybridized carbons (Fsp3) is 0.533. The van der Waals surface area contributed by atoms with Gasteiger partial charge in [0.1, 0.15) is 5.82 Å². The van der Waals surface area contributed by atoms with Gasteiger partial charge in [-0.25, -0.2) is 4.39 Å². The van der Waals surface area contributed by atoms with Gasteiger partial charge in [-0.2, -0.15) is 0 Å². The average molecular weight is 296 g/mol. The van der Waals surface area contributed by atoms with E-state index in [1.807, 2.05) is 0 Å². The van der Waals surface area contributed by atoms with Gasteiger partial charge in [0.15, 0.2) is 5.11 Å². The molecule has 0 amide bonds. The number of ether oxygens (including phenoxy) is 1. The molecule has 0 bridgehead atoms. The molecule has 1 aromatic carbocycles. The largest absolute Gasteiger partial charge is 0.385 e. The van der Waals surface area contributed by atoms with E-state index in [0.717, 1.165) is 19.3 Å². The number of benzene rings is 1. The van der Waals surface area contributed by atoms with Crippen molar-refractivity contribution in [2.75, 3.05) is 19.0 Å². The first kappa shape index (κ1) is 15.2. The molecule has 0 aliphatic heterocycles. The van der Waals surface area contributed by atoms with Gasteiger partial charge in [0.25, 0.3) is 0 Å². The molecule has 0 unspecified atom stereocenters. The topological polar surface area (TPSA) is 33.3 Å². The van der Waals surface area contributed by atoms with Gasteiger partial charge in [0, 0.05) is 19.3 Å². The smallest absolute Gasteiger partial charge is 0.171 e. The molecular formula is C15H21FN2OS. The van der Waals surface area contributed by atoms with Crippen LogP contribution in [-0.4, -0.2) is 24.4 Å². The Morgan fingerprint density at radius 1 is 1.35 bits per heavy atom. The second-order valence-electron chi connectivity index (χ2n) is 5.29. The van der Waals surface area contributed by atoms with Crippen LogP contribution in [0.5, 0.6) is 0 Å². The highest BCUT2D eigenvalue weighted by Gasteiger charge is 2.34. The summed E-state index contributed by atoms with van der Waals surface area (Å²) in [6, 6.07) is 6.54. The highest BCUT2D eigenvalue weighted by molar-refractivity contribution is 7.80. The molecule has 1 aliphatic rings. The van der Waals surface area contributed by atoms with Gasteiger partial charge in [-0.1, -0.05) is 25.0 Å². The maximum Gasteiger partial charge on any atom is 0.171 e. The van der Waals surface area contributed by atoms with Crippen molar-refractivity contribution in [2.24, 2.45) is 0 Å². The first-order chi connectivity index (χ1) is 9.65. The standard InChI is InChI=1S/C15H21FN2OS/c1-19-11-10-15(8-4-5-9-15)18-14(20)17-13-7-3-2-6-12(13)16/h2-3,6-7H,4-5,8-11H2,1H3,(H2,17,18,20). The van der Waals surface area contributed by atoms with E-state index in [9.17, 15) is 4.39 Å². The number of hydrogen-bond acceptors (Lipinski definition) is 2. The highest BCUT2D eigenvalue weighted by atomic mass is 32.1. The number of methoxy groups -OCH3 is 1. The van der Waals surface area contributed by atoms with Crippen LogP contribution < -0.4 is 10.6 Å². The summed E-state index contributed by atoms with van der Waals surface area (Å²) < 4.78 is 18.8. The molecule has 0 spiro atoms. The van der Waals surface area contributed by atoms with E-state index in [1.165, 1.54) is 18.9 Å². The Kier molecular flexibility index (Phi) is 5.31. The van der Waals surface area contributed by atoms with E-state index in [1.54, 1.807) is 25.3 Å². The highest BCUT2D eigenvalue weighted by Crippen LogP contribution is 2.32. The third-order valence-corrected chi connectivity index (χ3v) is 4.05. The van der Waals surface area contributed by atoms with Crippen LogP contribution >= 0.6 is 12.2 Å². The van der Waals surface area contributed by atoms with Crippen molar-refractivity contribution in [1.29, 1.82) is 0 Å². The molecule has 1 saturated carbocycles. The summed E-state index contributed by atoms with van der Waals surface area (Å²) in [4.78, 5) is 0. The molecule has 2 N–H and O–H groups in total. The Labute approximate surface area is 124 Å². The maximum atomic E-state index is 13.6. The molecule has 5 heteroatoms. The van der Waals surface area contributed by atoms with E-state index in [-0.39, 0.29) is 11.4 Å². The summed E-state index contributed by atoms with van der Waals surface area (Å²) in [5.41, 5.74) is 0.399. The second kappa shape index (κ2) is 6.99. The van der Waals surface area contributed by atoms with Gasteiger partial charge in [-0.05, 0) is 43.6 Å². The summed E-state index contributed by atoms with van der Waals surface area (Å²) in [7, 11) is 1.71. The normalized spacial score (nSPS) is 16.9. The van der Waals surface area contributed by atoms with Gasteiger partial charge in [0.05, 0.1) is 5.69 Å². The molecule has 0 atom stereocenters. The SMILES string of the molecule is COCCC1(NC(=S)Nc2ccccc2F)CCCC1. The Bertz CT molecular complexity index is 461. The maximum absolute atomic E-state index is 13.6. The van der Waals surface area contributed by atoms with Crippen molar-refractivity contribution in [1.82, 2.24) is 5.32 Å². The Morgan fingerprint density at radius 2 is 2.05 bits per heavy atom. The van der Waals surface area contributed by atoms with Crippen molar-refractivity contribution < 1.29 is 9.13 Å². The Balaban J connectivity index is 1.97. The van der Waals surface area contributed by atoms with Crippen LogP contribution in [0.3, 0.4) is 0 Å². The molecule has 1 aliphatic carbocycles. The minimum atomic E-state index is -0.297. The molecule has 0 aromatic heterocycles. The fourth-order valence-electron chi connectivity index (χ4n) is 2.74. The molecule has 0 radical (unpaired) electrons. The fourth-order valence-corrected chi connectivity index (χ4v) is 3.07. The minimum Gasteiger partial charge on any atom is -0.385 e. The van der Waals surface area contributed by atoms with Crippen LogP contribution in [0.25, 0.3) is 0 Å². The van der Waals surface area contributed by atoms with E-state index in [4.69, 9.17) is 17.0 Å². The first-order valence-electron chi connectivity index (χ1n) is 6.98. The van der Waals surface area contributed by atoms with Crippen LogP contribution in [-0.2, 0) is 4.74 Å². The number of anilines is 1. The number of hydrogen-bond donors (Lipinski definition) is 2. The Morgan fingerprint density at radius 3 is 2.70 bits per heavy atom. The number of halogens is 1. The van der Waals surface area contributed by atoms with Gasteiger partial charge >= 0.3 is 0 Å². The molecular weight excluding hydrogens is 275 g/mol. The molecule has 0 saturated heterocycles. The minimum absolute atomic E-state index is 0.00858. The van der Waals surface area contributed by atoms with Gasteiger partial charge in [0.2, 0.25) is 0 Å². The Hall–Kier alpha value is -1.20. The van der Waals surface area contributed by atoms with Crippen LogP contribution in [0.2, 0.25) is 0 Å². The summed E-state index contributed by atoms with van der Waals surface area (Å²) >= 11 is 5.32. The summed E-state index contributed by atoms with van der Waals surface area (Å²) in [5.74, 6) is -0.297. The summed E-state index contributed by atoms with van der Waals surface area (Å²) in [6.45, 7) is 0.704. The van der Waals surface area contributed by atoms with Crippen molar-refractivity contribution in [3.05, 3.63) is 30.1 Å². The van der Waals surface area contributed by atoms with Crippen LogP contribution in [0.15, 0.2) is 24.3 Å². The van der Waals surface area contributed by atoms with Gasteiger partial charge in [-0.15, -0.1) is 0 Å². The number of rotatable bonds is 5. The van der Waals surface area contributed by atoms with Crippen LogP contribution in [0.4, 0.5) is 10.1 Å². The van der Waals surface area contributed by atoms with Gasteiger partial charge in [-0.3, -0.25) is 0 Å². The molecule has 0 heterocycles. The molecule has 1 fully saturated rings. The molecule has 1 aromatic rings. The third kappa shape index (κ3) is 3.90. The third-order valence-electron chi connectivity index (χ3n) is 3.85. The van der Waals surface area contributed by atoms with Crippen molar-refractivity contribution in [3.8, 4) is 0 Å². The zero-order chi connectivity index (χ0) is 14.4. The van der Waals surface area contributed by atoms with E-state index < -0.39 is 0 Å². The first-order valence-corrected chi connectivity index (χ1v) is 7.39. The quantitative estimate of drug-likeness (QED) is 0.815. The second-order valence-corrected chi connectivity index (χ2v) is 5.70.